The van der Waals surface area contributed by atoms with E-state index in [4.69, 9.17) is 4.74 Å². The highest BCUT2D eigenvalue weighted by atomic mass is 19.1. The van der Waals surface area contributed by atoms with E-state index < -0.39 is 0 Å². The normalized spacial score (nSPS) is 17.5. The van der Waals surface area contributed by atoms with Gasteiger partial charge in [0.05, 0.1) is 13.8 Å². The molecule has 0 spiro atoms. The third kappa shape index (κ3) is 2.94. The molecule has 1 atom stereocenters. The lowest BCUT2D eigenvalue weighted by Gasteiger charge is -2.35. The van der Waals surface area contributed by atoms with Crippen LogP contribution in [0.4, 0.5) is 4.39 Å². The van der Waals surface area contributed by atoms with Gasteiger partial charge in [-0.2, -0.15) is 0 Å². The molecule has 0 amide bonds. The Bertz CT molecular complexity index is 626. The first-order chi connectivity index (χ1) is 10.8. The van der Waals surface area contributed by atoms with Gasteiger partial charge in [-0.05, 0) is 23.4 Å². The molecule has 0 radical (unpaired) electrons. The molecule has 0 saturated carbocycles. The number of nitrogens with zero attached hydrogens (tertiary/aromatic N) is 1. The van der Waals surface area contributed by atoms with E-state index in [1.165, 1.54) is 10.9 Å². The van der Waals surface area contributed by atoms with Crippen LogP contribution in [0.5, 0.6) is 5.75 Å². The van der Waals surface area contributed by atoms with Crippen LogP contribution in [0, 0.1) is 0 Å². The third-order valence-electron chi connectivity index (χ3n) is 4.47. The van der Waals surface area contributed by atoms with Crippen molar-refractivity contribution in [2.45, 2.75) is 12.5 Å². The topological polar surface area (TPSA) is 24.5 Å². The average Bonchev–Trinajstić information content (AvgIpc) is 2.60. The van der Waals surface area contributed by atoms with Gasteiger partial charge in [0.25, 0.3) is 0 Å². The summed E-state index contributed by atoms with van der Waals surface area (Å²) in [4.78, 5) is 2.39. The van der Waals surface area contributed by atoms with Gasteiger partial charge in [-0.3, -0.25) is 9.29 Å². The smallest absolute Gasteiger partial charge is 0.126 e. The highest BCUT2D eigenvalue weighted by molar-refractivity contribution is 5.91. The van der Waals surface area contributed by atoms with Gasteiger partial charge in [0.15, 0.2) is 0 Å². The average molecular weight is 302 g/mol. The van der Waals surface area contributed by atoms with E-state index in [-0.39, 0.29) is 12.7 Å². The van der Waals surface area contributed by atoms with Crippen LogP contribution >= 0.6 is 0 Å². The van der Waals surface area contributed by atoms with Crippen LogP contribution in [-0.4, -0.2) is 44.9 Å². The summed E-state index contributed by atoms with van der Waals surface area (Å²) in [6.07, 6.45) is 0.538. The van der Waals surface area contributed by atoms with Crippen molar-refractivity contribution >= 4 is 10.8 Å². The Kier molecular flexibility index (Phi) is 4.90. The van der Waals surface area contributed by atoms with Crippen LogP contribution in [0.3, 0.4) is 0 Å². The van der Waals surface area contributed by atoms with Gasteiger partial charge in [0.2, 0.25) is 0 Å². The number of alkyl halides is 1. The Hall–Kier alpha value is -1.65. The number of fused-ring (bicyclic) bond motifs is 1. The molecule has 4 heteroatoms. The number of piperazine rings is 1. The SMILES string of the molecule is COc1ccc([C@@H](CCF)N2CCNCC2)c2ccccc12. The molecule has 0 bridgehead atoms. The minimum absolute atomic E-state index is 0.128. The predicted molar refractivity (Wildman–Crippen MR) is 88.3 cm³/mol. The molecule has 1 aliphatic heterocycles. The first kappa shape index (κ1) is 15.3. The number of ether oxygens (including phenoxy) is 1. The molecule has 1 saturated heterocycles. The molecule has 2 aromatic carbocycles. The zero-order valence-electron chi connectivity index (χ0n) is 13.0. The van der Waals surface area contributed by atoms with Crippen molar-refractivity contribution in [3.8, 4) is 5.75 Å². The molecule has 1 heterocycles. The first-order valence-electron chi connectivity index (χ1n) is 7.91. The molecule has 1 N–H and O–H groups in total. The Morgan fingerprint density at radius 3 is 2.55 bits per heavy atom. The van der Waals surface area contributed by atoms with Gasteiger partial charge in [0, 0.05) is 37.6 Å². The van der Waals surface area contributed by atoms with Gasteiger partial charge in [0.1, 0.15) is 5.75 Å². The predicted octanol–water partition coefficient (Wildman–Crippen LogP) is 3.15. The van der Waals surface area contributed by atoms with Gasteiger partial charge in [-0.1, -0.05) is 30.3 Å². The van der Waals surface area contributed by atoms with Crippen molar-refractivity contribution in [1.82, 2.24) is 10.2 Å². The Morgan fingerprint density at radius 1 is 1.14 bits per heavy atom. The minimum atomic E-state index is -0.297. The van der Waals surface area contributed by atoms with Crippen LogP contribution in [0.25, 0.3) is 10.8 Å². The van der Waals surface area contributed by atoms with Crippen LogP contribution in [-0.2, 0) is 0 Å². The summed E-state index contributed by atoms with van der Waals surface area (Å²) in [5.74, 6) is 0.874. The van der Waals surface area contributed by atoms with Gasteiger partial charge in [-0.25, -0.2) is 0 Å². The standard InChI is InChI=1S/C18H23FN2O/c1-22-18-7-6-15(14-4-2-3-5-16(14)18)17(8-9-19)21-12-10-20-11-13-21/h2-7,17,20H,8-13H2,1H3/t17-/m1/s1. The molecule has 1 aliphatic rings. The summed E-state index contributed by atoms with van der Waals surface area (Å²) in [6, 6.07) is 12.5. The maximum Gasteiger partial charge on any atom is 0.126 e. The minimum Gasteiger partial charge on any atom is -0.496 e. The largest absolute Gasteiger partial charge is 0.496 e. The second kappa shape index (κ2) is 7.07. The zero-order valence-corrected chi connectivity index (χ0v) is 13.0. The second-order valence-electron chi connectivity index (χ2n) is 5.68. The number of hydrogen-bond donors (Lipinski definition) is 1. The lowest BCUT2D eigenvalue weighted by Crippen LogP contribution is -2.45. The molecular formula is C18H23FN2O. The molecule has 3 nitrogen and oxygen atoms in total. The van der Waals surface area contributed by atoms with Crippen molar-refractivity contribution < 1.29 is 9.13 Å². The van der Waals surface area contributed by atoms with Crippen LogP contribution in [0.1, 0.15) is 18.0 Å². The molecule has 0 unspecified atom stereocenters. The first-order valence-corrected chi connectivity index (χ1v) is 7.91. The third-order valence-corrected chi connectivity index (χ3v) is 4.47. The molecule has 22 heavy (non-hydrogen) atoms. The number of nitrogens with one attached hydrogen (secondary N) is 1. The van der Waals surface area contributed by atoms with Gasteiger partial charge >= 0.3 is 0 Å². The molecule has 118 valence electrons. The number of methoxy groups -OCH3 is 1. The Balaban J connectivity index is 2.05. The lowest BCUT2D eigenvalue weighted by atomic mass is 9.95. The summed E-state index contributed by atoms with van der Waals surface area (Å²) in [7, 11) is 1.69. The van der Waals surface area contributed by atoms with E-state index in [1.807, 2.05) is 18.2 Å². The maximum absolute atomic E-state index is 13.2. The van der Waals surface area contributed by atoms with E-state index in [0.29, 0.717) is 6.42 Å². The highest BCUT2D eigenvalue weighted by Crippen LogP contribution is 2.35. The molecule has 1 fully saturated rings. The Morgan fingerprint density at radius 2 is 1.86 bits per heavy atom. The molecule has 3 rings (SSSR count). The molecule has 2 aromatic rings. The number of rotatable bonds is 5. The summed E-state index contributed by atoms with van der Waals surface area (Å²) >= 11 is 0. The highest BCUT2D eigenvalue weighted by Gasteiger charge is 2.24. The van der Waals surface area contributed by atoms with E-state index in [0.717, 1.165) is 37.3 Å². The van der Waals surface area contributed by atoms with E-state index >= 15 is 0 Å². The number of benzene rings is 2. The summed E-state index contributed by atoms with van der Waals surface area (Å²) < 4.78 is 18.6. The van der Waals surface area contributed by atoms with E-state index in [9.17, 15) is 4.39 Å². The fraction of sp³-hybridized carbons (Fsp3) is 0.444. The Labute approximate surface area is 131 Å². The van der Waals surface area contributed by atoms with Gasteiger partial charge in [-0.15, -0.1) is 0 Å². The number of halogens is 1. The van der Waals surface area contributed by atoms with Crippen LogP contribution < -0.4 is 10.1 Å². The number of hydrogen-bond acceptors (Lipinski definition) is 3. The molecule has 0 aromatic heterocycles. The summed E-state index contributed by atoms with van der Waals surface area (Å²) in [5.41, 5.74) is 1.20. The maximum atomic E-state index is 13.2. The monoisotopic (exact) mass is 302 g/mol. The summed E-state index contributed by atoms with van der Waals surface area (Å²) in [6.45, 7) is 3.57. The molecule has 0 aliphatic carbocycles. The molecular weight excluding hydrogens is 279 g/mol. The van der Waals surface area contributed by atoms with E-state index in [2.05, 4.69) is 28.4 Å². The quantitative estimate of drug-likeness (QED) is 0.918. The van der Waals surface area contributed by atoms with Crippen molar-refractivity contribution in [3.05, 3.63) is 42.0 Å². The fourth-order valence-corrected chi connectivity index (χ4v) is 3.40. The lowest BCUT2D eigenvalue weighted by molar-refractivity contribution is 0.158. The van der Waals surface area contributed by atoms with Crippen LogP contribution in [0.2, 0.25) is 0 Å². The van der Waals surface area contributed by atoms with E-state index in [1.54, 1.807) is 7.11 Å². The van der Waals surface area contributed by atoms with Crippen molar-refractivity contribution in [1.29, 1.82) is 0 Å². The summed E-state index contributed by atoms with van der Waals surface area (Å²) in [5, 5.41) is 5.63. The van der Waals surface area contributed by atoms with Crippen LogP contribution in [0.15, 0.2) is 36.4 Å². The van der Waals surface area contributed by atoms with Crippen molar-refractivity contribution in [3.63, 3.8) is 0 Å². The van der Waals surface area contributed by atoms with Crippen molar-refractivity contribution in [2.24, 2.45) is 0 Å². The fourth-order valence-electron chi connectivity index (χ4n) is 3.40. The second-order valence-corrected chi connectivity index (χ2v) is 5.68. The van der Waals surface area contributed by atoms with Gasteiger partial charge < -0.3 is 10.1 Å². The van der Waals surface area contributed by atoms with Crippen molar-refractivity contribution in [2.75, 3.05) is 40.0 Å². The zero-order chi connectivity index (χ0) is 15.4.